The maximum Gasteiger partial charge on any atom is 0.282 e. The third kappa shape index (κ3) is 1.74. The standard InChI is InChI=1S/C7H6ClF2N3O/c8-3-2(7(12)14)1-13-5(4(3)11)6(9)10/h1,6H,11H2,(H2,12,14). The van der Waals surface area contributed by atoms with E-state index in [9.17, 15) is 13.6 Å². The van der Waals surface area contributed by atoms with Crippen LogP contribution in [0.2, 0.25) is 5.02 Å². The number of hydrogen-bond acceptors (Lipinski definition) is 3. The van der Waals surface area contributed by atoms with Crippen LogP contribution in [0.5, 0.6) is 0 Å². The molecule has 0 saturated heterocycles. The maximum absolute atomic E-state index is 12.2. The Bertz CT molecular complexity index is 383. The molecule has 0 aromatic carbocycles. The molecule has 0 unspecified atom stereocenters. The fourth-order valence-corrected chi connectivity index (χ4v) is 1.10. The summed E-state index contributed by atoms with van der Waals surface area (Å²) in [6, 6.07) is 0. The van der Waals surface area contributed by atoms with Crippen molar-refractivity contribution in [3.8, 4) is 0 Å². The molecule has 1 rings (SSSR count). The van der Waals surface area contributed by atoms with E-state index in [1.54, 1.807) is 0 Å². The lowest BCUT2D eigenvalue weighted by molar-refractivity contribution is 0.0999. The van der Waals surface area contributed by atoms with E-state index in [1.165, 1.54) is 0 Å². The topological polar surface area (TPSA) is 82.0 Å². The molecule has 1 heterocycles. The Balaban J connectivity index is 3.33. The van der Waals surface area contributed by atoms with Crippen LogP contribution in [0.4, 0.5) is 14.5 Å². The molecule has 0 aliphatic rings. The Kier molecular flexibility index (Phi) is 2.85. The summed E-state index contributed by atoms with van der Waals surface area (Å²) in [7, 11) is 0. The van der Waals surface area contributed by atoms with Crippen molar-refractivity contribution < 1.29 is 13.6 Å². The van der Waals surface area contributed by atoms with Crippen molar-refractivity contribution in [1.29, 1.82) is 0 Å². The third-order valence-corrected chi connectivity index (χ3v) is 1.96. The zero-order valence-electron chi connectivity index (χ0n) is 6.80. The van der Waals surface area contributed by atoms with Gasteiger partial charge in [0.05, 0.1) is 16.3 Å². The molecule has 4 nitrogen and oxygen atoms in total. The molecule has 4 N–H and O–H groups in total. The van der Waals surface area contributed by atoms with Crippen LogP contribution in [-0.2, 0) is 0 Å². The van der Waals surface area contributed by atoms with Gasteiger partial charge in [-0.3, -0.25) is 9.78 Å². The number of nitrogens with zero attached hydrogens (tertiary/aromatic N) is 1. The second kappa shape index (κ2) is 3.75. The fourth-order valence-electron chi connectivity index (χ4n) is 0.864. The lowest BCUT2D eigenvalue weighted by atomic mass is 10.2. The van der Waals surface area contributed by atoms with Gasteiger partial charge in [0.25, 0.3) is 12.3 Å². The van der Waals surface area contributed by atoms with Gasteiger partial charge in [-0.05, 0) is 0 Å². The first-order chi connectivity index (χ1) is 6.45. The fraction of sp³-hybridized carbons (Fsp3) is 0.143. The first-order valence-corrected chi connectivity index (χ1v) is 3.84. The summed E-state index contributed by atoms with van der Waals surface area (Å²) >= 11 is 5.54. The zero-order chi connectivity index (χ0) is 10.9. The van der Waals surface area contributed by atoms with Gasteiger partial charge in [0, 0.05) is 6.20 Å². The number of carbonyl (C=O) groups excluding carboxylic acids is 1. The van der Waals surface area contributed by atoms with Crippen LogP contribution >= 0.6 is 11.6 Å². The molecule has 1 aromatic heterocycles. The number of amides is 1. The van der Waals surface area contributed by atoms with Gasteiger partial charge in [-0.2, -0.15) is 0 Å². The first-order valence-electron chi connectivity index (χ1n) is 3.47. The number of primary amides is 1. The van der Waals surface area contributed by atoms with Crippen LogP contribution < -0.4 is 11.5 Å². The maximum atomic E-state index is 12.2. The lowest BCUT2D eigenvalue weighted by Crippen LogP contribution is -2.14. The molecule has 1 aromatic rings. The third-order valence-electron chi connectivity index (χ3n) is 1.55. The van der Waals surface area contributed by atoms with Crippen LogP contribution in [-0.4, -0.2) is 10.9 Å². The van der Waals surface area contributed by atoms with Gasteiger partial charge >= 0.3 is 0 Å². The number of nitrogens with two attached hydrogens (primary N) is 2. The predicted molar refractivity (Wildman–Crippen MR) is 47.1 cm³/mol. The monoisotopic (exact) mass is 221 g/mol. The molecule has 0 atom stereocenters. The summed E-state index contributed by atoms with van der Waals surface area (Å²) in [6.07, 6.45) is -1.96. The summed E-state index contributed by atoms with van der Waals surface area (Å²) in [5.41, 5.74) is 8.90. The minimum atomic E-state index is -2.84. The molecule has 0 spiro atoms. The van der Waals surface area contributed by atoms with E-state index < -0.39 is 23.7 Å². The molecule has 0 aliphatic carbocycles. The molecule has 0 saturated carbocycles. The van der Waals surface area contributed by atoms with E-state index >= 15 is 0 Å². The van der Waals surface area contributed by atoms with E-state index in [-0.39, 0.29) is 10.6 Å². The largest absolute Gasteiger partial charge is 0.396 e. The highest BCUT2D eigenvalue weighted by atomic mass is 35.5. The average molecular weight is 222 g/mol. The van der Waals surface area contributed by atoms with Gasteiger partial charge in [0.1, 0.15) is 5.69 Å². The summed E-state index contributed by atoms with van der Waals surface area (Å²) in [5.74, 6) is -0.866. The van der Waals surface area contributed by atoms with E-state index in [1.807, 2.05) is 0 Å². The number of nitrogen functional groups attached to an aromatic ring is 1. The van der Waals surface area contributed by atoms with Crippen molar-refractivity contribution in [2.24, 2.45) is 5.73 Å². The number of hydrogen-bond donors (Lipinski definition) is 2. The Morgan fingerprint density at radius 1 is 1.57 bits per heavy atom. The number of carbonyl (C=O) groups is 1. The molecular weight excluding hydrogens is 216 g/mol. The highest BCUT2D eigenvalue weighted by molar-refractivity contribution is 6.36. The number of alkyl halides is 2. The molecule has 0 aliphatic heterocycles. The zero-order valence-corrected chi connectivity index (χ0v) is 7.55. The Hall–Kier alpha value is -1.43. The first kappa shape index (κ1) is 10.6. The van der Waals surface area contributed by atoms with Gasteiger partial charge in [0.2, 0.25) is 0 Å². The average Bonchev–Trinajstić information content (AvgIpc) is 2.08. The second-order valence-corrected chi connectivity index (χ2v) is 2.83. The summed E-state index contributed by atoms with van der Waals surface area (Å²) in [6.45, 7) is 0. The van der Waals surface area contributed by atoms with Crippen LogP contribution in [0, 0.1) is 0 Å². The molecule has 1 amide bonds. The molecule has 0 bridgehead atoms. The summed E-state index contributed by atoms with van der Waals surface area (Å²) < 4.78 is 24.4. The van der Waals surface area contributed by atoms with Gasteiger partial charge in [-0.25, -0.2) is 8.78 Å². The van der Waals surface area contributed by atoms with Gasteiger partial charge in [-0.1, -0.05) is 11.6 Å². The second-order valence-electron chi connectivity index (χ2n) is 2.45. The Labute approximate surface area is 82.9 Å². The molecule has 7 heteroatoms. The number of pyridine rings is 1. The van der Waals surface area contributed by atoms with E-state index in [0.29, 0.717) is 0 Å². The van der Waals surface area contributed by atoms with Gasteiger partial charge in [-0.15, -0.1) is 0 Å². The smallest absolute Gasteiger partial charge is 0.282 e. The van der Waals surface area contributed by atoms with E-state index in [0.717, 1.165) is 6.20 Å². The molecular formula is C7H6ClF2N3O. The molecule has 14 heavy (non-hydrogen) atoms. The highest BCUT2D eigenvalue weighted by Gasteiger charge is 2.19. The number of aromatic nitrogens is 1. The van der Waals surface area contributed by atoms with Crippen molar-refractivity contribution in [2.75, 3.05) is 5.73 Å². The number of anilines is 1. The predicted octanol–water partition coefficient (Wildman–Crippen LogP) is 1.35. The Morgan fingerprint density at radius 2 is 2.14 bits per heavy atom. The van der Waals surface area contributed by atoms with Crippen LogP contribution in [0.15, 0.2) is 6.20 Å². The van der Waals surface area contributed by atoms with E-state index in [2.05, 4.69) is 4.98 Å². The van der Waals surface area contributed by atoms with Crippen molar-refractivity contribution in [3.05, 3.63) is 22.5 Å². The van der Waals surface area contributed by atoms with E-state index in [4.69, 9.17) is 23.1 Å². The van der Waals surface area contributed by atoms with Crippen molar-refractivity contribution in [1.82, 2.24) is 4.98 Å². The van der Waals surface area contributed by atoms with Crippen LogP contribution in [0.25, 0.3) is 0 Å². The summed E-state index contributed by atoms with van der Waals surface area (Å²) in [4.78, 5) is 14.0. The van der Waals surface area contributed by atoms with Crippen LogP contribution in [0.3, 0.4) is 0 Å². The Morgan fingerprint density at radius 3 is 2.57 bits per heavy atom. The number of rotatable bonds is 2. The SMILES string of the molecule is NC(=O)c1cnc(C(F)F)c(N)c1Cl. The minimum absolute atomic E-state index is 0.173. The van der Waals surface area contributed by atoms with Crippen molar-refractivity contribution >= 4 is 23.2 Å². The molecule has 0 fully saturated rings. The van der Waals surface area contributed by atoms with Gasteiger partial charge < -0.3 is 11.5 Å². The molecule has 0 radical (unpaired) electrons. The quantitative estimate of drug-likeness (QED) is 0.791. The van der Waals surface area contributed by atoms with Crippen molar-refractivity contribution in [2.45, 2.75) is 6.43 Å². The minimum Gasteiger partial charge on any atom is -0.396 e. The number of halogens is 3. The normalized spacial score (nSPS) is 10.6. The van der Waals surface area contributed by atoms with Crippen LogP contribution in [0.1, 0.15) is 22.5 Å². The molecule has 76 valence electrons. The summed E-state index contributed by atoms with van der Waals surface area (Å²) in [5, 5.41) is -0.289. The highest BCUT2D eigenvalue weighted by Crippen LogP contribution is 2.30. The van der Waals surface area contributed by atoms with Crippen molar-refractivity contribution in [3.63, 3.8) is 0 Å². The van der Waals surface area contributed by atoms with Gasteiger partial charge in [0.15, 0.2) is 0 Å². The lowest BCUT2D eigenvalue weighted by Gasteiger charge is -2.07.